The van der Waals surface area contributed by atoms with Gasteiger partial charge in [-0.1, -0.05) is 6.07 Å². The molecule has 0 N–H and O–H groups in total. The molecule has 1 aromatic rings. The van der Waals surface area contributed by atoms with Crippen LogP contribution in [0.5, 0.6) is 0 Å². The molecular formula is C13H21NO2S. The Hall–Kier alpha value is -0.420. The summed E-state index contributed by atoms with van der Waals surface area (Å²) in [5.74, 6) is 0.701. The topological polar surface area (TPSA) is 21.7 Å². The maximum atomic E-state index is 5.44. The van der Waals surface area contributed by atoms with E-state index in [1.807, 2.05) is 11.3 Å². The highest BCUT2D eigenvalue weighted by atomic mass is 32.1. The maximum Gasteiger partial charge on any atom is 0.0589 e. The van der Waals surface area contributed by atoms with Crippen molar-refractivity contribution in [3.63, 3.8) is 0 Å². The van der Waals surface area contributed by atoms with Gasteiger partial charge in [-0.05, 0) is 23.8 Å². The third-order valence-corrected chi connectivity index (χ3v) is 3.97. The third-order valence-electron chi connectivity index (χ3n) is 3.11. The van der Waals surface area contributed by atoms with Gasteiger partial charge in [-0.2, -0.15) is 0 Å². The van der Waals surface area contributed by atoms with E-state index < -0.39 is 0 Å². The molecule has 0 spiro atoms. The molecule has 0 radical (unpaired) electrons. The van der Waals surface area contributed by atoms with Gasteiger partial charge in [0.05, 0.1) is 13.2 Å². The van der Waals surface area contributed by atoms with Gasteiger partial charge in [0.15, 0.2) is 0 Å². The zero-order valence-electron chi connectivity index (χ0n) is 10.4. The zero-order valence-corrected chi connectivity index (χ0v) is 11.2. The highest BCUT2D eigenvalue weighted by Gasteiger charge is 2.19. The fourth-order valence-electron chi connectivity index (χ4n) is 2.17. The summed E-state index contributed by atoms with van der Waals surface area (Å²) >= 11 is 1.83. The molecule has 0 saturated carbocycles. The molecule has 1 fully saturated rings. The molecule has 0 bridgehead atoms. The molecule has 1 unspecified atom stereocenters. The van der Waals surface area contributed by atoms with Crippen molar-refractivity contribution in [1.82, 2.24) is 4.90 Å². The quantitative estimate of drug-likeness (QED) is 0.746. The molecule has 3 nitrogen and oxygen atoms in total. The minimum atomic E-state index is 0.701. The zero-order chi connectivity index (χ0) is 11.9. The summed E-state index contributed by atoms with van der Waals surface area (Å²) in [6.45, 7) is 5.83. The van der Waals surface area contributed by atoms with Crippen LogP contribution in [-0.4, -0.2) is 44.9 Å². The van der Waals surface area contributed by atoms with E-state index in [2.05, 4.69) is 22.4 Å². The largest absolute Gasteiger partial charge is 0.383 e. The molecule has 1 aromatic heterocycles. The van der Waals surface area contributed by atoms with Gasteiger partial charge in [0.25, 0.3) is 0 Å². The Morgan fingerprint density at radius 3 is 3.18 bits per heavy atom. The average molecular weight is 255 g/mol. The van der Waals surface area contributed by atoms with E-state index in [0.29, 0.717) is 5.92 Å². The van der Waals surface area contributed by atoms with Gasteiger partial charge >= 0.3 is 0 Å². The molecule has 0 aliphatic carbocycles. The Bertz CT molecular complexity index is 296. The Balaban J connectivity index is 1.83. The second kappa shape index (κ2) is 7.11. The number of nitrogens with zero attached hydrogens (tertiary/aromatic N) is 1. The second-order valence-electron chi connectivity index (χ2n) is 4.54. The van der Waals surface area contributed by atoms with Crippen molar-refractivity contribution in [3.05, 3.63) is 22.4 Å². The predicted molar refractivity (Wildman–Crippen MR) is 70.4 cm³/mol. The minimum Gasteiger partial charge on any atom is -0.383 e. The first-order valence-electron chi connectivity index (χ1n) is 6.20. The number of rotatable bonds is 7. The molecule has 1 aliphatic rings. The van der Waals surface area contributed by atoms with Crippen molar-refractivity contribution in [3.8, 4) is 0 Å². The minimum absolute atomic E-state index is 0.701. The van der Waals surface area contributed by atoms with Crippen LogP contribution in [0, 0.1) is 5.92 Å². The SMILES string of the molecule is COCCN(Cc1cccs1)CC1CCOC1. The molecule has 1 atom stereocenters. The summed E-state index contributed by atoms with van der Waals surface area (Å²) in [5.41, 5.74) is 0. The first-order chi connectivity index (χ1) is 8.38. The van der Waals surface area contributed by atoms with E-state index in [4.69, 9.17) is 9.47 Å². The number of hydrogen-bond donors (Lipinski definition) is 0. The first kappa shape index (κ1) is 13.0. The fourth-order valence-corrected chi connectivity index (χ4v) is 2.92. The molecule has 4 heteroatoms. The summed E-state index contributed by atoms with van der Waals surface area (Å²) in [6.07, 6.45) is 1.20. The van der Waals surface area contributed by atoms with Gasteiger partial charge in [-0.3, -0.25) is 4.90 Å². The highest BCUT2D eigenvalue weighted by Crippen LogP contribution is 2.17. The monoisotopic (exact) mass is 255 g/mol. The van der Waals surface area contributed by atoms with E-state index in [1.54, 1.807) is 7.11 Å². The van der Waals surface area contributed by atoms with Gasteiger partial charge in [-0.25, -0.2) is 0 Å². The summed E-state index contributed by atoms with van der Waals surface area (Å²) in [5, 5.41) is 2.14. The maximum absolute atomic E-state index is 5.44. The average Bonchev–Trinajstić information content (AvgIpc) is 2.99. The van der Waals surface area contributed by atoms with Crippen LogP contribution in [0.15, 0.2) is 17.5 Å². The summed E-state index contributed by atoms with van der Waals surface area (Å²) in [4.78, 5) is 3.91. The number of methoxy groups -OCH3 is 1. The van der Waals surface area contributed by atoms with Crippen molar-refractivity contribution >= 4 is 11.3 Å². The normalized spacial score (nSPS) is 20.2. The third kappa shape index (κ3) is 4.39. The van der Waals surface area contributed by atoms with Crippen molar-refractivity contribution in [2.24, 2.45) is 5.92 Å². The van der Waals surface area contributed by atoms with Gasteiger partial charge < -0.3 is 9.47 Å². The van der Waals surface area contributed by atoms with Crippen LogP contribution < -0.4 is 0 Å². The molecule has 1 saturated heterocycles. The van der Waals surface area contributed by atoms with Crippen molar-refractivity contribution < 1.29 is 9.47 Å². The summed E-state index contributed by atoms with van der Waals surface area (Å²) in [6, 6.07) is 4.32. The summed E-state index contributed by atoms with van der Waals surface area (Å²) in [7, 11) is 1.77. The molecule has 2 heterocycles. The van der Waals surface area contributed by atoms with Gasteiger partial charge in [0.1, 0.15) is 0 Å². The lowest BCUT2D eigenvalue weighted by molar-refractivity contribution is 0.125. The Labute approximate surface area is 107 Å². The Morgan fingerprint density at radius 1 is 1.59 bits per heavy atom. The number of hydrogen-bond acceptors (Lipinski definition) is 4. The van der Waals surface area contributed by atoms with Crippen LogP contribution in [0.25, 0.3) is 0 Å². The predicted octanol–water partition coefficient (Wildman–Crippen LogP) is 2.23. The van der Waals surface area contributed by atoms with Crippen molar-refractivity contribution in [2.75, 3.05) is 40.0 Å². The van der Waals surface area contributed by atoms with E-state index >= 15 is 0 Å². The van der Waals surface area contributed by atoms with Crippen LogP contribution in [0.2, 0.25) is 0 Å². The molecule has 96 valence electrons. The first-order valence-corrected chi connectivity index (χ1v) is 7.08. The lowest BCUT2D eigenvalue weighted by Gasteiger charge is -2.24. The van der Waals surface area contributed by atoms with Crippen molar-refractivity contribution in [1.29, 1.82) is 0 Å². The van der Waals surface area contributed by atoms with E-state index in [1.165, 1.54) is 11.3 Å². The molecule has 0 aromatic carbocycles. The smallest absolute Gasteiger partial charge is 0.0589 e. The Kier molecular flexibility index (Phi) is 5.45. The van der Waals surface area contributed by atoms with E-state index in [9.17, 15) is 0 Å². The van der Waals surface area contributed by atoms with Crippen LogP contribution in [0.3, 0.4) is 0 Å². The van der Waals surface area contributed by atoms with Crippen LogP contribution in [0.1, 0.15) is 11.3 Å². The van der Waals surface area contributed by atoms with Gasteiger partial charge in [0.2, 0.25) is 0 Å². The number of thiophene rings is 1. The van der Waals surface area contributed by atoms with Crippen LogP contribution in [0.4, 0.5) is 0 Å². The van der Waals surface area contributed by atoms with Gasteiger partial charge in [0, 0.05) is 38.2 Å². The van der Waals surface area contributed by atoms with Gasteiger partial charge in [-0.15, -0.1) is 11.3 Å². The fraction of sp³-hybridized carbons (Fsp3) is 0.692. The highest BCUT2D eigenvalue weighted by molar-refractivity contribution is 7.09. The molecule has 2 rings (SSSR count). The summed E-state index contributed by atoms with van der Waals surface area (Å²) < 4.78 is 10.6. The molecule has 0 amide bonds. The molecular weight excluding hydrogens is 234 g/mol. The lowest BCUT2D eigenvalue weighted by Crippen LogP contribution is -2.32. The number of ether oxygens (including phenoxy) is 2. The van der Waals surface area contributed by atoms with E-state index in [0.717, 1.165) is 39.5 Å². The van der Waals surface area contributed by atoms with E-state index in [-0.39, 0.29) is 0 Å². The van der Waals surface area contributed by atoms with Crippen LogP contribution >= 0.6 is 11.3 Å². The molecule has 17 heavy (non-hydrogen) atoms. The Morgan fingerprint density at radius 2 is 2.53 bits per heavy atom. The lowest BCUT2D eigenvalue weighted by atomic mass is 10.1. The van der Waals surface area contributed by atoms with Crippen molar-refractivity contribution in [2.45, 2.75) is 13.0 Å². The van der Waals surface area contributed by atoms with Crippen LogP contribution in [-0.2, 0) is 16.0 Å². The second-order valence-corrected chi connectivity index (χ2v) is 5.57. The molecule has 1 aliphatic heterocycles. The standard InChI is InChI=1S/C13H21NO2S/c1-15-7-5-14(9-12-4-6-16-11-12)10-13-3-2-8-17-13/h2-3,8,12H,4-7,9-11H2,1H3.